The van der Waals surface area contributed by atoms with Gasteiger partial charge in [0.25, 0.3) is 0 Å². The summed E-state index contributed by atoms with van der Waals surface area (Å²) >= 11 is 0. The van der Waals surface area contributed by atoms with E-state index in [9.17, 15) is 15.0 Å². The van der Waals surface area contributed by atoms with Crippen molar-refractivity contribution in [3.8, 4) is 5.75 Å². The first-order valence-electron chi connectivity index (χ1n) is 9.47. The van der Waals surface area contributed by atoms with Gasteiger partial charge in [-0.3, -0.25) is 0 Å². The highest BCUT2D eigenvalue weighted by molar-refractivity contribution is 5.70. The highest BCUT2D eigenvalue weighted by atomic mass is 16.6. The molecule has 0 spiro atoms. The van der Waals surface area contributed by atoms with Crippen LogP contribution in [0.5, 0.6) is 5.75 Å². The molecule has 1 aliphatic rings. The number of benzene rings is 2. The molecule has 2 aromatic carbocycles. The molecule has 0 saturated carbocycles. The zero-order chi connectivity index (χ0) is 20.1. The van der Waals surface area contributed by atoms with Crippen molar-refractivity contribution in [2.24, 2.45) is 0 Å². The smallest absolute Gasteiger partial charge is 0.411 e. The second-order valence-electron chi connectivity index (χ2n) is 7.16. The summed E-state index contributed by atoms with van der Waals surface area (Å²) in [6.45, 7) is 2.07. The molecule has 28 heavy (non-hydrogen) atoms. The summed E-state index contributed by atoms with van der Waals surface area (Å²) in [5.74, 6) is 0.762. The van der Waals surface area contributed by atoms with Crippen LogP contribution in [-0.4, -0.2) is 47.6 Å². The first kappa shape index (κ1) is 20.2. The van der Waals surface area contributed by atoms with Gasteiger partial charge in [-0.05, 0) is 30.2 Å². The predicted octanol–water partition coefficient (Wildman–Crippen LogP) is 3.24. The summed E-state index contributed by atoms with van der Waals surface area (Å²) in [7, 11) is 1.62. The number of hydrogen-bond donors (Lipinski definition) is 2. The van der Waals surface area contributed by atoms with Gasteiger partial charge in [-0.25, -0.2) is 4.79 Å². The summed E-state index contributed by atoms with van der Waals surface area (Å²) in [6, 6.07) is 16.9. The van der Waals surface area contributed by atoms with E-state index in [1.807, 2.05) is 61.5 Å². The average Bonchev–Trinajstić information content (AvgIpc) is 2.74. The fraction of sp³-hybridized carbons (Fsp3) is 0.409. The maximum Gasteiger partial charge on any atom is 0.411 e. The Kier molecular flexibility index (Phi) is 6.21. The van der Waals surface area contributed by atoms with Gasteiger partial charge in [-0.15, -0.1) is 0 Å². The predicted molar refractivity (Wildman–Crippen MR) is 105 cm³/mol. The van der Waals surface area contributed by atoms with Crippen molar-refractivity contribution in [3.05, 3.63) is 65.7 Å². The molecule has 1 amide bonds. The van der Waals surface area contributed by atoms with E-state index < -0.39 is 17.8 Å². The quantitative estimate of drug-likeness (QED) is 0.765. The lowest BCUT2D eigenvalue weighted by Crippen LogP contribution is -2.50. The fourth-order valence-corrected chi connectivity index (χ4v) is 3.74. The van der Waals surface area contributed by atoms with E-state index in [0.29, 0.717) is 13.0 Å². The van der Waals surface area contributed by atoms with Crippen LogP contribution in [0.2, 0.25) is 0 Å². The van der Waals surface area contributed by atoms with Crippen LogP contribution in [0.25, 0.3) is 0 Å². The normalized spacial score (nSPS) is 21.7. The zero-order valence-electron chi connectivity index (χ0n) is 16.2. The Balaban J connectivity index is 1.81. The second kappa shape index (κ2) is 8.63. The van der Waals surface area contributed by atoms with Crippen LogP contribution in [0.1, 0.15) is 36.9 Å². The number of nitrogens with zero attached hydrogens (tertiary/aromatic N) is 1. The minimum Gasteiger partial charge on any atom is -0.497 e. The van der Waals surface area contributed by atoms with Crippen LogP contribution in [0, 0.1) is 0 Å². The number of cyclic esters (lactones) is 1. The van der Waals surface area contributed by atoms with Crippen LogP contribution in [0.3, 0.4) is 0 Å². The van der Waals surface area contributed by atoms with Crippen molar-refractivity contribution < 1.29 is 24.5 Å². The fourth-order valence-electron chi connectivity index (χ4n) is 3.74. The van der Waals surface area contributed by atoms with E-state index in [1.165, 1.54) is 0 Å². The highest BCUT2D eigenvalue weighted by Gasteiger charge is 2.44. The lowest BCUT2D eigenvalue weighted by molar-refractivity contribution is -0.0892. The van der Waals surface area contributed by atoms with Crippen LogP contribution < -0.4 is 4.74 Å². The van der Waals surface area contributed by atoms with Crippen molar-refractivity contribution >= 4 is 6.09 Å². The Morgan fingerprint density at radius 2 is 1.86 bits per heavy atom. The van der Waals surface area contributed by atoms with Crippen molar-refractivity contribution in [2.75, 3.05) is 20.3 Å². The summed E-state index contributed by atoms with van der Waals surface area (Å²) in [6.07, 6.45) is -0.702. The maximum atomic E-state index is 12.9. The maximum absolute atomic E-state index is 12.9. The van der Waals surface area contributed by atoms with Crippen molar-refractivity contribution in [1.29, 1.82) is 0 Å². The van der Waals surface area contributed by atoms with Crippen molar-refractivity contribution in [2.45, 2.75) is 37.5 Å². The Bertz CT molecular complexity index is 779. The molecule has 1 aliphatic heterocycles. The molecular formula is C22H27NO5. The van der Waals surface area contributed by atoms with Gasteiger partial charge in [0, 0.05) is 19.4 Å². The summed E-state index contributed by atoms with van der Waals surface area (Å²) in [5, 5.41) is 19.4. The minimum atomic E-state index is -0.960. The highest BCUT2D eigenvalue weighted by Crippen LogP contribution is 2.40. The van der Waals surface area contributed by atoms with Gasteiger partial charge in [0.2, 0.25) is 0 Å². The number of ether oxygens (including phenoxy) is 2. The van der Waals surface area contributed by atoms with Gasteiger partial charge in [0.1, 0.15) is 11.4 Å². The number of aliphatic hydroxyl groups is 2. The number of carbonyl (C=O) groups is 1. The average molecular weight is 385 g/mol. The Morgan fingerprint density at radius 3 is 2.43 bits per heavy atom. The number of methoxy groups -OCH3 is 1. The minimum absolute atomic E-state index is 0.157. The van der Waals surface area contributed by atoms with Gasteiger partial charge < -0.3 is 24.6 Å². The first-order chi connectivity index (χ1) is 13.5. The largest absolute Gasteiger partial charge is 0.497 e. The van der Waals surface area contributed by atoms with Gasteiger partial charge in [-0.2, -0.15) is 0 Å². The summed E-state index contributed by atoms with van der Waals surface area (Å²) < 4.78 is 11.1. The van der Waals surface area contributed by atoms with Crippen LogP contribution in [0.4, 0.5) is 4.79 Å². The van der Waals surface area contributed by atoms with E-state index in [1.54, 1.807) is 12.0 Å². The molecule has 3 atom stereocenters. The molecule has 1 fully saturated rings. The van der Waals surface area contributed by atoms with E-state index in [0.717, 1.165) is 16.9 Å². The number of amides is 1. The Morgan fingerprint density at radius 1 is 1.18 bits per heavy atom. The van der Waals surface area contributed by atoms with Crippen molar-refractivity contribution in [1.82, 2.24) is 4.90 Å². The summed E-state index contributed by atoms with van der Waals surface area (Å²) in [4.78, 5) is 14.6. The lowest BCUT2D eigenvalue weighted by Gasteiger charge is -2.44. The molecule has 6 nitrogen and oxygen atoms in total. The van der Waals surface area contributed by atoms with Gasteiger partial charge in [-0.1, -0.05) is 42.5 Å². The molecule has 0 aromatic heterocycles. The molecule has 0 aliphatic carbocycles. The molecule has 2 aromatic rings. The first-order valence-corrected chi connectivity index (χ1v) is 9.47. The Labute approximate surface area is 165 Å². The number of carbonyl (C=O) groups excluding carboxylic acids is 1. The van der Waals surface area contributed by atoms with Crippen LogP contribution in [-0.2, 0) is 10.3 Å². The van der Waals surface area contributed by atoms with E-state index in [4.69, 9.17) is 9.47 Å². The number of rotatable bonds is 7. The molecule has 1 heterocycles. The zero-order valence-corrected chi connectivity index (χ0v) is 16.2. The molecule has 3 rings (SSSR count). The Hall–Kier alpha value is -2.57. The van der Waals surface area contributed by atoms with Crippen molar-refractivity contribution in [3.63, 3.8) is 0 Å². The molecule has 0 radical (unpaired) electrons. The standard InChI is InChI=1S/C22H27NO5/c1-16(17-8-10-20(27-2)11-9-17)23-13-12-22(28-21(23)26,14-19(25)15-24)18-6-4-3-5-7-18/h3-11,16,19,24-25H,12-15H2,1-2H3/t16-,19?,22-/m0/s1. The third-order valence-corrected chi connectivity index (χ3v) is 5.42. The molecule has 2 N–H and O–H groups in total. The van der Waals surface area contributed by atoms with Crippen LogP contribution >= 0.6 is 0 Å². The van der Waals surface area contributed by atoms with Gasteiger partial charge in [0.15, 0.2) is 0 Å². The molecular weight excluding hydrogens is 358 g/mol. The number of aliphatic hydroxyl groups excluding tert-OH is 2. The monoisotopic (exact) mass is 385 g/mol. The van der Waals surface area contributed by atoms with E-state index in [-0.39, 0.29) is 19.1 Å². The number of hydrogen-bond acceptors (Lipinski definition) is 5. The van der Waals surface area contributed by atoms with E-state index in [2.05, 4.69) is 0 Å². The van der Waals surface area contributed by atoms with Gasteiger partial charge in [0.05, 0.1) is 25.9 Å². The summed E-state index contributed by atoms with van der Waals surface area (Å²) in [5.41, 5.74) is 0.865. The third kappa shape index (κ3) is 4.13. The lowest BCUT2D eigenvalue weighted by atomic mass is 9.83. The van der Waals surface area contributed by atoms with Gasteiger partial charge >= 0.3 is 6.09 Å². The molecule has 150 valence electrons. The second-order valence-corrected chi connectivity index (χ2v) is 7.16. The molecule has 6 heteroatoms. The molecule has 1 saturated heterocycles. The van der Waals surface area contributed by atoms with E-state index >= 15 is 0 Å². The third-order valence-electron chi connectivity index (χ3n) is 5.42. The van der Waals surface area contributed by atoms with Crippen LogP contribution in [0.15, 0.2) is 54.6 Å². The SMILES string of the molecule is COc1ccc([C@H](C)N2CC[C@](CC(O)CO)(c3ccccc3)OC2=O)cc1. The topological polar surface area (TPSA) is 79.2 Å². The molecule has 1 unspecified atom stereocenters. The molecule has 0 bridgehead atoms.